The van der Waals surface area contributed by atoms with Crippen molar-refractivity contribution in [3.8, 4) is 0 Å². The third kappa shape index (κ3) is 4.22. The van der Waals surface area contributed by atoms with E-state index in [1.54, 1.807) is 0 Å². The summed E-state index contributed by atoms with van der Waals surface area (Å²) < 4.78 is 23.4. The van der Waals surface area contributed by atoms with Crippen molar-refractivity contribution in [3.63, 3.8) is 0 Å². The van der Waals surface area contributed by atoms with Crippen LogP contribution in [0.5, 0.6) is 0 Å². The molecule has 2 heterocycles. The lowest BCUT2D eigenvalue weighted by molar-refractivity contribution is -0.104. The van der Waals surface area contributed by atoms with E-state index in [4.69, 9.17) is 18.9 Å². The van der Waals surface area contributed by atoms with E-state index in [1.807, 2.05) is 36.4 Å². The molecule has 24 heavy (non-hydrogen) atoms. The van der Waals surface area contributed by atoms with Crippen molar-refractivity contribution in [2.75, 3.05) is 13.2 Å². The van der Waals surface area contributed by atoms with Crippen LogP contribution in [-0.2, 0) is 32.2 Å². The fourth-order valence-electron chi connectivity index (χ4n) is 2.85. The van der Waals surface area contributed by atoms with Gasteiger partial charge in [0.25, 0.3) is 0 Å². The average Bonchev–Trinajstić information content (AvgIpc) is 3.52. The zero-order chi connectivity index (χ0) is 16.2. The normalized spacial score (nSPS) is 24.3. The highest BCUT2D eigenvalue weighted by atomic mass is 16.6. The van der Waals surface area contributed by atoms with Crippen LogP contribution in [0.15, 0.2) is 60.7 Å². The smallest absolute Gasteiger partial charge is 0.115 e. The van der Waals surface area contributed by atoms with E-state index in [0.717, 1.165) is 24.3 Å². The largest absolute Gasteiger partial charge is 0.370 e. The first-order valence-corrected chi connectivity index (χ1v) is 8.44. The summed E-state index contributed by atoms with van der Waals surface area (Å²) >= 11 is 0. The van der Waals surface area contributed by atoms with Gasteiger partial charge in [0, 0.05) is 0 Å². The van der Waals surface area contributed by atoms with Gasteiger partial charge >= 0.3 is 0 Å². The molecule has 4 rings (SSSR count). The lowest BCUT2D eigenvalue weighted by Gasteiger charge is -2.25. The number of ether oxygens (including phenoxy) is 4. The van der Waals surface area contributed by atoms with Crippen molar-refractivity contribution in [2.45, 2.75) is 37.6 Å². The molecule has 126 valence electrons. The van der Waals surface area contributed by atoms with Gasteiger partial charge in [0.15, 0.2) is 0 Å². The van der Waals surface area contributed by atoms with Gasteiger partial charge in [-0.15, -0.1) is 0 Å². The van der Waals surface area contributed by atoms with E-state index < -0.39 is 0 Å². The highest BCUT2D eigenvalue weighted by Gasteiger charge is 2.47. The molecule has 4 nitrogen and oxygen atoms in total. The Balaban J connectivity index is 1.39. The second-order valence-corrected chi connectivity index (χ2v) is 6.27. The molecule has 0 spiro atoms. The zero-order valence-corrected chi connectivity index (χ0v) is 13.5. The lowest BCUT2D eigenvalue weighted by atomic mass is 10.1. The van der Waals surface area contributed by atoms with Gasteiger partial charge in [0.05, 0.1) is 26.4 Å². The molecule has 2 aromatic carbocycles. The van der Waals surface area contributed by atoms with Crippen LogP contribution in [-0.4, -0.2) is 37.6 Å². The van der Waals surface area contributed by atoms with Crippen LogP contribution in [0.4, 0.5) is 0 Å². The second-order valence-electron chi connectivity index (χ2n) is 6.27. The molecule has 4 heteroatoms. The predicted octanol–water partition coefficient (Wildman–Crippen LogP) is 2.95. The number of hydrogen-bond donors (Lipinski definition) is 0. The van der Waals surface area contributed by atoms with Crippen molar-refractivity contribution in [3.05, 3.63) is 71.8 Å². The molecule has 2 aromatic rings. The summed E-state index contributed by atoms with van der Waals surface area (Å²) in [5.41, 5.74) is 2.31. The topological polar surface area (TPSA) is 43.5 Å². The van der Waals surface area contributed by atoms with Crippen molar-refractivity contribution in [2.24, 2.45) is 0 Å². The molecule has 2 aliphatic rings. The summed E-state index contributed by atoms with van der Waals surface area (Å²) in [6.07, 6.45) is 0.0280. The van der Waals surface area contributed by atoms with Gasteiger partial charge in [-0.1, -0.05) is 60.7 Å². The number of benzene rings is 2. The minimum Gasteiger partial charge on any atom is -0.370 e. The van der Waals surface area contributed by atoms with E-state index in [0.29, 0.717) is 13.2 Å². The first kappa shape index (κ1) is 15.8. The molecule has 2 aliphatic heterocycles. The van der Waals surface area contributed by atoms with E-state index in [-0.39, 0.29) is 24.4 Å². The van der Waals surface area contributed by atoms with Crippen LogP contribution < -0.4 is 0 Å². The molecule has 0 unspecified atom stereocenters. The molecule has 0 aliphatic carbocycles. The van der Waals surface area contributed by atoms with E-state index in [9.17, 15) is 0 Å². The summed E-state index contributed by atoms with van der Waals surface area (Å²) in [6, 6.07) is 20.4. The van der Waals surface area contributed by atoms with E-state index in [1.165, 1.54) is 0 Å². The average molecular weight is 326 g/mol. The Morgan fingerprint density at radius 1 is 0.708 bits per heavy atom. The fraction of sp³-hybridized carbons (Fsp3) is 0.400. The summed E-state index contributed by atoms with van der Waals surface area (Å²) in [5.74, 6) is 0. The van der Waals surface area contributed by atoms with E-state index >= 15 is 0 Å². The summed E-state index contributed by atoms with van der Waals surface area (Å²) in [4.78, 5) is 0. The molecular weight excluding hydrogens is 304 g/mol. The fourth-order valence-corrected chi connectivity index (χ4v) is 2.85. The standard InChI is InChI=1S/C20H22O4/c1-3-7-15(8-4-1)11-23-19(17-13-21-17)20(18-14-22-18)24-12-16-9-5-2-6-10-16/h1-10,17-20H,11-14H2/t17-,18+,19-,20-/m0/s1. The Morgan fingerprint density at radius 3 is 1.42 bits per heavy atom. The van der Waals surface area contributed by atoms with Crippen LogP contribution in [0.25, 0.3) is 0 Å². The van der Waals surface area contributed by atoms with Gasteiger partial charge in [-0.25, -0.2) is 0 Å². The quantitative estimate of drug-likeness (QED) is 0.665. The Labute approximate surface area is 142 Å². The highest BCUT2D eigenvalue weighted by molar-refractivity contribution is 5.14. The highest BCUT2D eigenvalue weighted by Crippen LogP contribution is 2.30. The van der Waals surface area contributed by atoms with Gasteiger partial charge < -0.3 is 18.9 Å². The minimum absolute atomic E-state index is 0.0959. The van der Waals surface area contributed by atoms with Gasteiger partial charge in [0.1, 0.15) is 24.4 Å². The minimum atomic E-state index is -0.0959. The van der Waals surface area contributed by atoms with Crippen molar-refractivity contribution < 1.29 is 18.9 Å². The van der Waals surface area contributed by atoms with Gasteiger partial charge in [-0.2, -0.15) is 0 Å². The van der Waals surface area contributed by atoms with Crippen LogP contribution in [0.3, 0.4) is 0 Å². The number of epoxide rings is 2. The van der Waals surface area contributed by atoms with E-state index in [2.05, 4.69) is 24.3 Å². The van der Waals surface area contributed by atoms with Crippen LogP contribution in [0.2, 0.25) is 0 Å². The van der Waals surface area contributed by atoms with Gasteiger partial charge in [-0.3, -0.25) is 0 Å². The maximum absolute atomic E-state index is 6.17. The first-order valence-electron chi connectivity index (χ1n) is 8.44. The third-order valence-corrected chi connectivity index (χ3v) is 4.35. The predicted molar refractivity (Wildman–Crippen MR) is 89.5 cm³/mol. The molecule has 0 amide bonds. The SMILES string of the molecule is c1ccc(CO[C@H]([C@@H](OCc2ccccc2)[C@H]2CO2)[C@@H]2CO2)cc1. The summed E-state index contributed by atoms with van der Waals surface area (Å²) in [7, 11) is 0. The van der Waals surface area contributed by atoms with Crippen molar-refractivity contribution >= 4 is 0 Å². The Morgan fingerprint density at radius 2 is 1.08 bits per heavy atom. The van der Waals surface area contributed by atoms with Gasteiger partial charge in [-0.05, 0) is 11.1 Å². The monoisotopic (exact) mass is 326 g/mol. The Kier molecular flexibility index (Phi) is 4.90. The van der Waals surface area contributed by atoms with Crippen molar-refractivity contribution in [1.82, 2.24) is 0 Å². The number of hydrogen-bond acceptors (Lipinski definition) is 4. The molecule has 2 fully saturated rings. The molecule has 0 aromatic heterocycles. The molecule has 0 saturated carbocycles. The van der Waals surface area contributed by atoms with Crippen LogP contribution in [0.1, 0.15) is 11.1 Å². The summed E-state index contributed by atoms with van der Waals surface area (Å²) in [6.45, 7) is 2.58. The molecule has 0 bridgehead atoms. The van der Waals surface area contributed by atoms with Crippen LogP contribution in [0, 0.1) is 0 Å². The van der Waals surface area contributed by atoms with Crippen molar-refractivity contribution in [1.29, 1.82) is 0 Å². The van der Waals surface area contributed by atoms with Crippen LogP contribution >= 0.6 is 0 Å². The molecule has 0 N–H and O–H groups in total. The molecular formula is C20H22O4. The molecule has 0 radical (unpaired) electrons. The maximum atomic E-state index is 6.17. The maximum Gasteiger partial charge on any atom is 0.115 e. The third-order valence-electron chi connectivity index (χ3n) is 4.35. The lowest BCUT2D eigenvalue weighted by Crippen LogP contribution is -2.40. The number of rotatable bonds is 9. The Bertz CT molecular complexity index is 565. The summed E-state index contributed by atoms with van der Waals surface area (Å²) in [5, 5.41) is 0. The second kappa shape index (κ2) is 7.45. The molecule has 2 saturated heterocycles. The Hall–Kier alpha value is -1.72. The van der Waals surface area contributed by atoms with Gasteiger partial charge in [0.2, 0.25) is 0 Å². The molecule has 4 atom stereocenters. The first-order chi connectivity index (χ1) is 11.9. The zero-order valence-electron chi connectivity index (χ0n) is 13.5.